The quantitative estimate of drug-likeness (QED) is 0.662. The van der Waals surface area contributed by atoms with Crippen LogP contribution in [0.3, 0.4) is 0 Å². The molecule has 0 aliphatic carbocycles. The molecule has 0 aromatic carbocycles. The summed E-state index contributed by atoms with van der Waals surface area (Å²) in [5.41, 5.74) is 5.63. The van der Waals surface area contributed by atoms with Crippen molar-refractivity contribution >= 4 is 17.7 Å². The van der Waals surface area contributed by atoms with Crippen molar-refractivity contribution in [3.05, 3.63) is 0 Å². The van der Waals surface area contributed by atoms with Gasteiger partial charge in [-0.1, -0.05) is 13.8 Å². The molecule has 84 valence electrons. The van der Waals surface area contributed by atoms with Gasteiger partial charge in [-0.25, -0.2) is 0 Å². The Labute approximate surface area is 90.8 Å². The highest BCUT2D eigenvalue weighted by Crippen LogP contribution is 2.03. The molecule has 0 amide bonds. The molecule has 0 bridgehead atoms. The molecule has 0 aliphatic heterocycles. The van der Waals surface area contributed by atoms with Gasteiger partial charge in [-0.05, 0) is 30.8 Å². The van der Waals surface area contributed by atoms with Gasteiger partial charge in [0.25, 0.3) is 0 Å². The van der Waals surface area contributed by atoms with Gasteiger partial charge in [-0.2, -0.15) is 11.8 Å². The van der Waals surface area contributed by atoms with Crippen molar-refractivity contribution in [2.75, 3.05) is 18.6 Å². The highest BCUT2D eigenvalue weighted by atomic mass is 32.2. The lowest BCUT2D eigenvalue weighted by atomic mass is 10.1. The van der Waals surface area contributed by atoms with E-state index in [0.29, 0.717) is 18.9 Å². The number of rotatable bonds is 7. The standard InChI is InChI=1S/C10H21NO2S/c1-8(2)4-6-13-10(12)9(11)5-7-14-3/h8-9H,4-7,11H2,1-3H3/t9-/m1/s1. The summed E-state index contributed by atoms with van der Waals surface area (Å²) in [6, 6.07) is -0.449. The van der Waals surface area contributed by atoms with Crippen LogP contribution in [0.5, 0.6) is 0 Å². The van der Waals surface area contributed by atoms with Crippen molar-refractivity contribution in [2.24, 2.45) is 11.7 Å². The van der Waals surface area contributed by atoms with E-state index in [2.05, 4.69) is 13.8 Å². The van der Waals surface area contributed by atoms with Crippen LogP contribution in [0.1, 0.15) is 26.7 Å². The summed E-state index contributed by atoms with van der Waals surface area (Å²) in [6.07, 6.45) is 3.60. The highest BCUT2D eigenvalue weighted by Gasteiger charge is 2.13. The molecule has 0 rings (SSSR count). The predicted molar refractivity (Wildman–Crippen MR) is 61.4 cm³/mol. The monoisotopic (exact) mass is 219 g/mol. The first-order valence-corrected chi connectivity index (χ1v) is 6.38. The third kappa shape index (κ3) is 7.21. The lowest BCUT2D eigenvalue weighted by molar-refractivity contribution is -0.145. The van der Waals surface area contributed by atoms with Gasteiger partial charge >= 0.3 is 5.97 Å². The van der Waals surface area contributed by atoms with Crippen LogP contribution in [-0.2, 0) is 9.53 Å². The van der Waals surface area contributed by atoms with E-state index < -0.39 is 6.04 Å². The number of carbonyl (C=O) groups excluding carboxylic acids is 1. The first-order valence-electron chi connectivity index (χ1n) is 4.99. The van der Waals surface area contributed by atoms with Gasteiger partial charge in [0.05, 0.1) is 6.61 Å². The second kappa shape index (κ2) is 8.12. The first kappa shape index (κ1) is 13.8. The molecule has 1 atom stereocenters. The SMILES string of the molecule is CSCC[C@@H](N)C(=O)OCCC(C)C. The number of carbonyl (C=O) groups is 1. The van der Waals surface area contributed by atoms with E-state index in [9.17, 15) is 4.79 Å². The maximum atomic E-state index is 11.3. The lowest BCUT2D eigenvalue weighted by Gasteiger charge is -2.11. The van der Waals surface area contributed by atoms with Gasteiger partial charge in [-0.3, -0.25) is 4.79 Å². The number of hydrogen-bond acceptors (Lipinski definition) is 4. The molecular formula is C10H21NO2S. The zero-order valence-corrected chi connectivity index (χ0v) is 10.1. The van der Waals surface area contributed by atoms with Gasteiger partial charge in [0.2, 0.25) is 0 Å². The van der Waals surface area contributed by atoms with E-state index in [4.69, 9.17) is 10.5 Å². The Morgan fingerprint density at radius 1 is 1.43 bits per heavy atom. The summed E-state index contributed by atoms with van der Waals surface area (Å²) < 4.78 is 5.04. The van der Waals surface area contributed by atoms with Crippen molar-refractivity contribution in [1.29, 1.82) is 0 Å². The highest BCUT2D eigenvalue weighted by molar-refractivity contribution is 7.98. The van der Waals surface area contributed by atoms with Gasteiger partial charge in [-0.15, -0.1) is 0 Å². The molecule has 0 heterocycles. The topological polar surface area (TPSA) is 52.3 Å². The lowest BCUT2D eigenvalue weighted by Crippen LogP contribution is -2.33. The van der Waals surface area contributed by atoms with Gasteiger partial charge < -0.3 is 10.5 Å². The molecule has 0 saturated carbocycles. The second-order valence-corrected chi connectivity index (χ2v) is 4.72. The summed E-state index contributed by atoms with van der Waals surface area (Å²) in [4.78, 5) is 11.3. The molecule has 3 nitrogen and oxygen atoms in total. The van der Waals surface area contributed by atoms with Gasteiger partial charge in [0, 0.05) is 0 Å². The van der Waals surface area contributed by atoms with Crippen molar-refractivity contribution in [1.82, 2.24) is 0 Å². The van der Waals surface area contributed by atoms with Gasteiger partial charge in [0.15, 0.2) is 0 Å². The molecule has 0 spiro atoms. The molecule has 14 heavy (non-hydrogen) atoms. The fraction of sp³-hybridized carbons (Fsp3) is 0.900. The van der Waals surface area contributed by atoms with E-state index >= 15 is 0 Å². The minimum atomic E-state index is -0.449. The molecule has 0 unspecified atom stereocenters. The summed E-state index contributed by atoms with van der Waals surface area (Å²) in [5.74, 6) is 1.20. The summed E-state index contributed by atoms with van der Waals surface area (Å²) >= 11 is 1.69. The smallest absolute Gasteiger partial charge is 0.322 e. The van der Waals surface area contributed by atoms with E-state index in [1.807, 2.05) is 6.26 Å². The van der Waals surface area contributed by atoms with Crippen LogP contribution < -0.4 is 5.73 Å². The predicted octanol–water partition coefficient (Wildman–Crippen LogP) is 1.66. The van der Waals surface area contributed by atoms with Crippen LogP contribution in [0, 0.1) is 5.92 Å². The van der Waals surface area contributed by atoms with Crippen molar-refractivity contribution in [3.8, 4) is 0 Å². The zero-order valence-electron chi connectivity index (χ0n) is 9.29. The number of ether oxygens (including phenoxy) is 1. The van der Waals surface area contributed by atoms with Crippen LogP contribution in [0.25, 0.3) is 0 Å². The molecule has 0 aromatic rings. The zero-order chi connectivity index (χ0) is 11.0. The Morgan fingerprint density at radius 2 is 2.07 bits per heavy atom. The number of hydrogen-bond donors (Lipinski definition) is 1. The number of thioether (sulfide) groups is 1. The molecule has 4 heteroatoms. The van der Waals surface area contributed by atoms with Crippen LogP contribution in [0.15, 0.2) is 0 Å². The van der Waals surface area contributed by atoms with E-state index in [1.165, 1.54) is 0 Å². The summed E-state index contributed by atoms with van der Waals surface area (Å²) in [6.45, 7) is 4.69. The minimum absolute atomic E-state index is 0.264. The largest absolute Gasteiger partial charge is 0.465 e. The maximum Gasteiger partial charge on any atom is 0.322 e. The molecule has 0 radical (unpaired) electrons. The van der Waals surface area contributed by atoms with E-state index in [-0.39, 0.29) is 5.97 Å². The van der Waals surface area contributed by atoms with Crippen LogP contribution in [0.4, 0.5) is 0 Å². The Bertz CT molecular complexity index is 162. The Morgan fingerprint density at radius 3 is 2.57 bits per heavy atom. The molecule has 0 saturated heterocycles. The van der Waals surface area contributed by atoms with Crippen molar-refractivity contribution < 1.29 is 9.53 Å². The van der Waals surface area contributed by atoms with Crippen LogP contribution in [0.2, 0.25) is 0 Å². The normalized spacial score (nSPS) is 12.9. The minimum Gasteiger partial charge on any atom is -0.465 e. The molecule has 0 aliphatic rings. The molecular weight excluding hydrogens is 198 g/mol. The fourth-order valence-corrected chi connectivity index (χ4v) is 1.35. The second-order valence-electron chi connectivity index (χ2n) is 3.74. The summed E-state index contributed by atoms with van der Waals surface area (Å²) in [7, 11) is 0. The Balaban J connectivity index is 3.52. The number of nitrogens with two attached hydrogens (primary N) is 1. The fourth-order valence-electron chi connectivity index (χ4n) is 0.865. The maximum absolute atomic E-state index is 11.3. The number of esters is 1. The molecule has 0 aromatic heterocycles. The van der Waals surface area contributed by atoms with E-state index in [1.54, 1.807) is 11.8 Å². The third-order valence-electron chi connectivity index (χ3n) is 1.88. The first-order chi connectivity index (χ1) is 6.57. The third-order valence-corrected chi connectivity index (χ3v) is 2.52. The molecule has 0 fully saturated rings. The average molecular weight is 219 g/mol. The van der Waals surface area contributed by atoms with Crippen molar-refractivity contribution in [3.63, 3.8) is 0 Å². The Hall–Kier alpha value is -0.220. The van der Waals surface area contributed by atoms with Crippen molar-refractivity contribution in [2.45, 2.75) is 32.7 Å². The van der Waals surface area contributed by atoms with Crippen LogP contribution >= 0.6 is 11.8 Å². The molecule has 2 N–H and O–H groups in total. The Kier molecular flexibility index (Phi) is 7.99. The average Bonchev–Trinajstić information content (AvgIpc) is 2.13. The van der Waals surface area contributed by atoms with E-state index in [0.717, 1.165) is 12.2 Å². The van der Waals surface area contributed by atoms with Gasteiger partial charge in [0.1, 0.15) is 6.04 Å². The summed E-state index contributed by atoms with van der Waals surface area (Å²) in [5, 5.41) is 0. The van der Waals surface area contributed by atoms with Crippen LogP contribution in [-0.4, -0.2) is 30.6 Å².